The number of aromatic nitrogens is 2. The summed E-state index contributed by atoms with van der Waals surface area (Å²) in [5, 5.41) is 2.18. The van der Waals surface area contributed by atoms with Crippen LogP contribution >= 0.6 is 22.9 Å². The SMILES string of the molecule is O=C(Cn1c(=O)n(-c2cccc(Cl)c2)c(=O)c2sccc21)N1CCN(Cc2ccccc2)CC1. The first-order valence-electron chi connectivity index (χ1n) is 11.0. The fourth-order valence-electron chi connectivity index (χ4n) is 4.32. The van der Waals surface area contributed by atoms with E-state index < -0.39 is 11.2 Å². The number of halogens is 1. The number of piperazine rings is 1. The highest BCUT2D eigenvalue weighted by Crippen LogP contribution is 2.18. The molecule has 1 amide bonds. The van der Waals surface area contributed by atoms with Gasteiger partial charge in [-0.3, -0.25) is 19.1 Å². The van der Waals surface area contributed by atoms with Crippen molar-refractivity contribution in [2.24, 2.45) is 0 Å². The third kappa shape index (κ3) is 4.44. The monoisotopic (exact) mass is 494 g/mol. The fraction of sp³-hybridized carbons (Fsp3) is 0.240. The van der Waals surface area contributed by atoms with E-state index in [1.807, 2.05) is 18.2 Å². The molecule has 0 bridgehead atoms. The molecule has 1 saturated heterocycles. The number of rotatable bonds is 5. The van der Waals surface area contributed by atoms with Crippen molar-refractivity contribution in [1.82, 2.24) is 18.9 Å². The Morgan fingerprint density at radius 3 is 2.44 bits per heavy atom. The van der Waals surface area contributed by atoms with Crippen molar-refractivity contribution in [2.45, 2.75) is 13.1 Å². The van der Waals surface area contributed by atoms with Gasteiger partial charge in [0.25, 0.3) is 5.56 Å². The van der Waals surface area contributed by atoms with Crippen LogP contribution in [0, 0.1) is 0 Å². The molecular formula is C25H23ClN4O3S. The van der Waals surface area contributed by atoms with E-state index in [0.717, 1.165) is 24.2 Å². The smallest absolute Gasteiger partial charge is 0.336 e. The first-order chi connectivity index (χ1) is 16.5. The van der Waals surface area contributed by atoms with Gasteiger partial charge in [0.05, 0.1) is 11.2 Å². The average molecular weight is 495 g/mol. The minimum absolute atomic E-state index is 0.119. The van der Waals surface area contributed by atoms with Gasteiger partial charge in [-0.05, 0) is 35.2 Å². The Hall–Kier alpha value is -3.20. The fourth-order valence-corrected chi connectivity index (χ4v) is 5.32. The number of amides is 1. The van der Waals surface area contributed by atoms with Gasteiger partial charge in [0, 0.05) is 37.7 Å². The minimum Gasteiger partial charge on any atom is -0.339 e. The van der Waals surface area contributed by atoms with Crippen molar-refractivity contribution < 1.29 is 4.79 Å². The van der Waals surface area contributed by atoms with Gasteiger partial charge >= 0.3 is 5.69 Å². The molecule has 5 rings (SSSR count). The summed E-state index contributed by atoms with van der Waals surface area (Å²) in [4.78, 5) is 43.8. The average Bonchev–Trinajstić information content (AvgIpc) is 3.33. The van der Waals surface area contributed by atoms with Crippen molar-refractivity contribution in [3.8, 4) is 5.69 Å². The molecule has 1 aliphatic heterocycles. The van der Waals surface area contributed by atoms with Gasteiger partial charge in [0.2, 0.25) is 5.91 Å². The molecule has 2 aromatic heterocycles. The zero-order valence-electron chi connectivity index (χ0n) is 18.4. The van der Waals surface area contributed by atoms with Gasteiger partial charge < -0.3 is 4.90 Å². The summed E-state index contributed by atoms with van der Waals surface area (Å²) in [6.45, 7) is 3.47. The molecule has 1 aliphatic rings. The summed E-state index contributed by atoms with van der Waals surface area (Å²) in [5.74, 6) is -0.134. The van der Waals surface area contributed by atoms with Crippen molar-refractivity contribution in [2.75, 3.05) is 26.2 Å². The highest BCUT2D eigenvalue weighted by atomic mass is 35.5. The summed E-state index contributed by atoms with van der Waals surface area (Å²) >= 11 is 7.35. The number of thiophene rings is 1. The third-order valence-electron chi connectivity index (χ3n) is 6.09. The van der Waals surface area contributed by atoms with E-state index in [0.29, 0.717) is 34.0 Å². The second-order valence-corrected chi connectivity index (χ2v) is 9.62. The van der Waals surface area contributed by atoms with Crippen LogP contribution in [0.5, 0.6) is 0 Å². The van der Waals surface area contributed by atoms with Crippen molar-refractivity contribution in [3.05, 3.63) is 97.5 Å². The maximum Gasteiger partial charge on any atom is 0.336 e. The molecule has 0 spiro atoms. The van der Waals surface area contributed by atoms with Gasteiger partial charge in [-0.1, -0.05) is 48.0 Å². The van der Waals surface area contributed by atoms with Crippen molar-refractivity contribution >= 4 is 39.1 Å². The predicted molar refractivity (Wildman–Crippen MR) is 135 cm³/mol. The van der Waals surface area contributed by atoms with Gasteiger partial charge in [0.15, 0.2) is 0 Å². The topological polar surface area (TPSA) is 67.5 Å². The minimum atomic E-state index is -0.547. The highest BCUT2D eigenvalue weighted by Gasteiger charge is 2.24. The molecule has 3 heterocycles. The third-order valence-corrected chi connectivity index (χ3v) is 7.22. The van der Waals surface area contributed by atoms with Crippen LogP contribution in [0.4, 0.5) is 0 Å². The normalized spacial score (nSPS) is 14.6. The quantitative estimate of drug-likeness (QED) is 0.427. The van der Waals surface area contributed by atoms with Crippen LogP contribution in [0.25, 0.3) is 15.9 Å². The predicted octanol–water partition coefficient (Wildman–Crippen LogP) is 3.21. The van der Waals surface area contributed by atoms with Crippen LogP contribution in [-0.2, 0) is 17.9 Å². The second kappa shape index (κ2) is 9.58. The lowest BCUT2D eigenvalue weighted by Crippen LogP contribution is -2.50. The molecule has 0 radical (unpaired) electrons. The zero-order chi connectivity index (χ0) is 23.7. The van der Waals surface area contributed by atoms with Crippen LogP contribution in [0.3, 0.4) is 0 Å². The van der Waals surface area contributed by atoms with Crippen LogP contribution in [0.1, 0.15) is 5.56 Å². The first-order valence-corrected chi connectivity index (χ1v) is 12.3. The molecule has 4 aromatic rings. The van der Waals surface area contributed by atoms with Crippen LogP contribution < -0.4 is 11.2 Å². The molecule has 1 fully saturated rings. The van der Waals surface area contributed by atoms with Gasteiger partial charge in [-0.25, -0.2) is 9.36 Å². The standard InChI is InChI=1S/C25H23ClN4O3S/c26-19-7-4-8-20(15-19)30-24(32)23-21(9-14-34-23)29(25(30)33)17-22(31)28-12-10-27(11-13-28)16-18-5-2-1-3-6-18/h1-9,14-15H,10-13,16-17H2. The molecule has 0 aliphatic carbocycles. The lowest BCUT2D eigenvalue weighted by Gasteiger charge is -2.35. The highest BCUT2D eigenvalue weighted by molar-refractivity contribution is 7.17. The van der Waals surface area contributed by atoms with E-state index in [1.165, 1.54) is 21.5 Å². The van der Waals surface area contributed by atoms with E-state index >= 15 is 0 Å². The first kappa shape index (κ1) is 22.6. The number of benzene rings is 2. The molecule has 174 valence electrons. The number of nitrogens with zero attached hydrogens (tertiary/aromatic N) is 4. The summed E-state index contributed by atoms with van der Waals surface area (Å²) in [7, 11) is 0. The number of fused-ring (bicyclic) bond motifs is 1. The number of hydrogen-bond acceptors (Lipinski definition) is 5. The van der Waals surface area contributed by atoms with Crippen molar-refractivity contribution in [1.29, 1.82) is 0 Å². The van der Waals surface area contributed by atoms with E-state index in [1.54, 1.807) is 40.6 Å². The maximum atomic E-state index is 13.4. The Labute approximate surface area is 205 Å². The Kier molecular flexibility index (Phi) is 6.36. The van der Waals surface area contributed by atoms with Crippen LogP contribution in [0.15, 0.2) is 75.6 Å². The maximum absolute atomic E-state index is 13.4. The molecule has 0 unspecified atom stereocenters. The van der Waals surface area contributed by atoms with E-state index in [4.69, 9.17) is 11.6 Å². The molecule has 0 atom stereocenters. The Morgan fingerprint density at radius 1 is 0.941 bits per heavy atom. The molecule has 9 heteroatoms. The van der Waals surface area contributed by atoms with Crippen LogP contribution in [-0.4, -0.2) is 51.0 Å². The molecular weight excluding hydrogens is 472 g/mol. The molecule has 2 aromatic carbocycles. The summed E-state index contributed by atoms with van der Waals surface area (Å²) < 4.78 is 2.92. The largest absolute Gasteiger partial charge is 0.339 e. The molecule has 0 saturated carbocycles. The van der Waals surface area contributed by atoms with Gasteiger partial charge in [0.1, 0.15) is 11.2 Å². The molecule has 7 nitrogen and oxygen atoms in total. The van der Waals surface area contributed by atoms with E-state index in [-0.39, 0.29) is 12.5 Å². The lowest BCUT2D eigenvalue weighted by atomic mass is 10.2. The lowest BCUT2D eigenvalue weighted by molar-refractivity contribution is -0.133. The summed E-state index contributed by atoms with van der Waals surface area (Å²) in [6.07, 6.45) is 0. The van der Waals surface area contributed by atoms with Crippen LogP contribution in [0.2, 0.25) is 5.02 Å². The Bertz CT molecular complexity index is 1450. The van der Waals surface area contributed by atoms with Gasteiger partial charge in [-0.15, -0.1) is 11.3 Å². The molecule has 0 N–H and O–H groups in total. The van der Waals surface area contributed by atoms with Gasteiger partial charge in [-0.2, -0.15) is 0 Å². The molecule has 34 heavy (non-hydrogen) atoms. The number of hydrogen-bond donors (Lipinski definition) is 0. The van der Waals surface area contributed by atoms with E-state index in [2.05, 4.69) is 17.0 Å². The summed E-state index contributed by atoms with van der Waals surface area (Å²) in [6, 6.07) is 18.6. The van der Waals surface area contributed by atoms with Crippen molar-refractivity contribution in [3.63, 3.8) is 0 Å². The number of carbonyl (C=O) groups is 1. The zero-order valence-corrected chi connectivity index (χ0v) is 20.0. The number of carbonyl (C=O) groups excluding carboxylic acids is 1. The van der Waals surface area contributed by atoms with E-state index in [9.17, 15) is 14.4 Å². The summed E-state index contributed by atoms with van der Waals surface area (Å²) in [5.41, 5.74) is 1.16. The Morgan fingerprint density at radius 2 is 1.71 bits per heavy atom. The Balaban J connectivity index is 1.38. The second-order valence-electron chi connectivity index (χ2n) is 8.27.